The van der Waals surface area contributed by atoms with Gasteiger partial charge in [0.15, 0.2) is 0 Å². The van der Waals surface area contributed by atoms with E-state index in [1.807, 2.05) is 0 Å². The van der Waals surface area contributed by atoms with E-state index in [2.05, 4.69) is 4.74 Å². The van der Waals surface area contributed by atoms with Gasteiger partial charge in [-0.05, 0) is 50.9 Å². The third-order valence-electron chi connectivity index (χ3n) is 7.53. The predicted molar refractivity (Wildman–Crippen MR) is 122 cm³/mol. The lowest BCUT2D eigenvalue weighted by molar-refractivity contribution is -0.308. The van der Waals surface area contributed by atoms with Crippen molar-refractivity contribution in [3.63, 3.8) is 0 Å². The molecule has 1 atom stereocenters. The standard InChI is InChI=1S/C24H28F9N3O4/c1-21(6-9-35(10-7-21)20(39)40-19(23(28,29)30)24(31,32)33)34(2)12-14-3-4-16(22(25,26)27)11-17(14)36-8-5-15(13-36)18(37)38/h3-4,11,15,19H,5-10,12-13H2,1-2H3,(H,37,38). The number of alkyl halides is 9. The number of hydrogen-bond donors (Lipinski definition) is 1. The van der Waals surface area contributed by atoms with Gasteiger partial charge in [0, 0.05) is 44.0 Å². The number of anilines is 1. The Morgan fingerprint density at radius 1 is 1.05 bits per heavy atom. The number of carboxylic acids is 1. The van der Waals surface area contributed by atoms with Crippen LogP contribution >= 0.6 is 0 Å². The van der Waals surface area contributed by atoms with Crippen LogP contribution in [0.25, 0.3) is 0 Å². The highest BCUT2D eigenvalue weighted by molar-refractivity contribution is 5.72. The molecule has 226 valence electrons. The van der Waals surface area contributed by atoms with E-state index in [4.69, 9.17) is 0 Å². The van der Waals surface area contributed by atoms with E-state index in [-0.39, 0.29) is 57.7 Å². The summed E-state index contributed by atoms with van der Waals surface area (Å²) in [5.74, 6) is -1.79. The lowest BCUT2D eigenvalue weighted by Gasteiger charge is -2.45. The van der Waals surface area contributed by atoms with Gasteiger partial charge in [-0.1, -0.05) is 6.07 Å². The molecule has 2 saturated heterocycles. The van der Waals surface area contributed by atoms with Crippen LogP contribution in [0.15, 0.2) is 18.2 Å². The van der Waals surface area contributed by atoms with E-state index >= 15 is 0 Å². The van der Waals surface area contributed by atoms with E-state index in [9.17, 15) is 54.2 Å². The molecule has 2 heterocycles. The maximum Gasteiger partial charge on any atom is 0.434 e. The van der Waals surface area contributed by atoms with Gasteiger partial charge in [-0.3, -0.25) is 9.69 Å². The van der Waals surface area contributed by atoms with Gasteiger partial charge in [-0.25, -0.2) is 4.79 Å². The summed E-state index contributed by atoms with van der Waals surface area (Å²) in [7, 11) is 1.66. The number of halogens is 9. The topological polar surface area (TPSA) is 73.3 Å². The SMILES string of the molecule is CN(Cc1ccc(C(F)(F)F)cc1N1CCC(C(=O)O)C1)C1(C)CCN(C(=O)OC(C(F)(F)F)C(F)(F)F)CC1. The number of hydrogen-bond acceptors (Lipinski definition) is 5. The molecule has 0 aromatic heterocycles. The maximum absolute atomic E-state index is 13.4. The number of piperidine rings is 1. The molecule has 1 amide bonds. The highest BCUT2D eigenvalue weighted by atomic mass is 19.4. The molecule has 0 aliphatic carbocycles. The first kappa shape index (κ1) is 31.6. The molecule has 1 unspecified atom stereocenters. The summed E-state index contributed by atoms with van der Waals surface area (Å²) in [6, 6.07) is 3.18. The molecule has 7 nitrogen and oxygen atoms in total. The van der Waals surface area contributed by atoms with Crippen molar-refractivity contribution in [2.45, 2.75) is 62.9 Å². The van der Waals surface area contributed by atoms with Crippen LogP contribution in [0.3, 0.4) is 0 Å². The van der Waals surface area contributed by atoms with Crippen LogP contribution in [-0.4, -0.2) is 84.2 Å². The normalized spacial score (nSPS) is 20.4. The minimum absolute atomic E-state index is 0.0263. The number of benzene rings is 1. The maximum atomic E-state index is 13.4. The molecule has 0 radical (unpaired) electrons. The zero-order chi connectivity index (χ0) is 30.3. The monoisotopic (exact) mass is 593 g/mol. The molecule has 2 fully saturated rings. The summed E-state index contributed by atoms with van der Waals surface area (Å²) in [6.07, 6.45) is -21.8. The van der Waals surface area contributed by atoms with Crippen molar-refractivity contribution < 1.29 is 58.9 Å². The minimum atomic E-state index is -5.84. The number of ether oxygens (including phenoxy) is 1. The number of amides is 1. The Bertz CT molecular complexity index is 1070. The molecule has 3 rings (SSSR count). The Morgan fingerprint density at radius 2 is 1.62 bits per heavy atom. The second-order valence-electron chi connectivity index (χ2n) is 10.3. The fraction of sp³-hybridized carbons (Fsp3) is 0.667. The molecular formula is C24H28F9N3O4. The highest BCUT2D eigenvalue weighted by Crippen LogP contribution is 2.39. The van der Waals surface area contributed by atoms with Gasteiger partial charge in [-0.15, -0.1) is 0 Å². The van der Waals surface area contributed by atoms with Gasteiger partial charge < -0.3 is 19.6 Å². The number of likely N-dealkylation sites (tertiary alicyclic amines) is 1. The van der Waals surface area contributed by atoms with Crippen molar-refractivity contribution in [1.29, 1.82) is 0 Å². The van der Waals surface area contributed by atoms with E-state index in [0.717, 1.165) is 17.0 Å². The van der Waals surface area contributed by atoms with Crippen LogP contribution in [0.2, 0.25) is 0 Å². The summed E-state index contributed by atoms with van der Waals surface area (Å²) in [5, 5.41) is 9.31. The van der Waals surface area contributed by atoms with Crippen LogP contribution in [0, 0.1) is 5.92 Å². The van der Waals surface area contributed by atoms with Crippen molar-refractivity contribution in [1.82, 2.24) is 9.80 Å². The van der Waals surface area contributed by atoms with Crippen molar-refractivity contribution >= 4 is 17.7 Å². The van der Waals surface area contributed by atoms with Crippen molar-refractivity contribution in [2.24, 2.45) is 5.92 Å². The quantitative estimate of drug-likeness (QED) is 0.438. The zero-order valence-electron chi connectivity index (χ0n) is 21.5. The lowest BCUT2D eigenvalue weighted by atomic mass is 9.87. The van der Waals surface area contributed by atoms with E-state index in [1.54, 1.807) is 23.8 Å². The molecule has 0 saturated carbocycles. The van der Waals surface area contributed by atoms with Gasteiger partial charge in [0.05, 0.1) is 11.5 Å². The third-order valence-corrected chi connectivity index (χ3v) is 7.53. The average Bonchev–Trinajstić information content (AvgIpc) is 3.31. The van der Waals surface area contributed by atoms with Gasteiger partial charge in [0.2, 0.25) is 0 Å². The molecule has 2 aliphatic rings. The number of carbonyl (C=O) groups is 2. The summed E-state index contributed by atoms with van der Waals surface area (Å²) in [4.78, 5) is 27.6. The second-order valence-corrected chi connectivity index (χ2v) is 10.3. The molecular weight excluding hydrogens is 565 g/mol. The third kappa shape index (κ3) is 7.23. The summed E-state index contributed by atoms with van der Waals surface area (Å²) in [5.41, 5.74) is -0.927. The van der Waals surface area contributed by atoms with Crippen molar-refractivity contribution in [3.8, 4) is 0 Å². The van der Waals surface area contributed by atoms with Crippen LogP contribution in [0.4, 0.5) is 50.0 Å². The number of aliphatic carboxylic acids is 1. The Hall–Kier alpha value is -2.91. The van der Waals surface area contributed by atoms with E-state index in [0.29, 0.717) is 5.56 Å². The van der Waals surface area contributed by atoms with Crippen molar-refractivity contribution in [2.75, 3.05) is 38.1 Å². The molecule has 40 heavy (non-hydrogen) atoms. The van der Waals surface area contributed by atoms with Gasteiger partial charge >= 0.3 is 30.6 Å². The Labute approximate surface area is 223 Å². The van der Waals surface area contributed by atoms with Crippen molar-refractivity contribution in [3.05, 3.63) is 29.3 Å². The Kier molecular flexibility index (Phi) is 8.82. The zero-order valence-corrected chi connectivity index (χ0v) is 21.5. The first-order valence-corrected chi connectivity index (χ1v) is 12.2. The molecule has 0 bridgehead atoms. The average molecular weight is 593 g/mol. The number of carboxylic acid groups (broad SMARTS) is 1. The van der Waals surface area contributed by atoms with Crippen LogP contribution in [0.1, 0.15) is 37.3 Å². The molecule has 16 heteroatoms. The number of rotatable bonds is 6. The summed E-state index contributed by atoms with van der Waals surface area (Å²) >= 11 is 0. The summed E-state index contributed by atoms with van der Waals surface area (Å²) < 4.78 is 121. The van der Waals surface area contributed by atoms with Crippen LogP contribution in [0.5, 0.6) is 0 Å². The molecule has 0 spiro atoms. The largest absolute Gasteiger partial charge is 0.481 e. The predicted octanol–water partition coefficient (Wildman–Crippen LogP) is 5.53. The first-order valence-electron chi connectivity index (χ1n) is 12.2. The molecule has 1 aromatic rings. The lowest BCUT2D eigenvalue weighted by Crippen LogP contribution is -2.54. The fourth-order valence-corrected chi connectivity index (χ4v) is 4.84. The highest BCUT2D eigenvalue weighted by Gasteiger charge is 2.60. The first-order chi connectivity index (χ1) is 18.2. The van der Waals surface area contributed by atoms with Crippen LogP contribution < -0.4 is 4.90 Å². The smallest absolute Gasteiger partial charge is 0.434 e. The Balaban J connectivity index is 1.72. The van der Waals surface area contributed by atoms with Gasteiger partial charge in [0.25, 0.3) is 6.10 Å². The molecule has 1 N–H and O–H groups in total. The number of carbonyl (C=O) groups excluding carboxylic acids is 1. The van der Waals surface area contributed by atoms with Crippen LogP contribution in [-0.2, 0) is 22.3 Å². The number of nitrogens with zero attached hydrogens (tertiary/aromatic N) is 3. The molecule has 2 aliphatic heterocycles. The Morgan fingerprint density at radius 3 is 2.10 bits per heavy atom. The van der Waals surface area contributed by atoms with Gasteiger partial charge in [-0.2, -0.15) is 39.5 Å². The van der Waals surface area contributed by atoms with E-state index in [1.165, 1.54) is 6.07 Å². The fourth-order valence-electron chi connectivity index (χ4n) is 4.84. The minimum Gasteiger partial charge on any atom is -0.481 e. The van der Waals surface area contributed by atoms with E-state index < -0.39 is 53.7 Å². The summed E-state index contributed by atoms with van der Waals surface area (Å²) in [6.45, 7) is 1.69. The van der Waals surface area contributed by atoms with Gasteiger partial charge in [0.1, 0.15) is 0 Å². The second kappa shape index (κ2) is 11.2. The molecule has 1 aromatic carbocycles.